The predicted molar refractivity (Wildman–Crippen MR) is 84.2 cm³/mol. The van der Waals surface area contributed by atoms with Crippen LogP contribution in [0.1, 0.15) is 55.8 Å². The van der Waals surface area contributed by atoms with Crippen LogP contribution in [0.4, 0.5) is 5.82 Å². The Kier molecular flexibility index (Phi) is 6.01. The van der Waals surface area contributed by atoms with Crippen LogP contribution in [0.2, 0.25) is 0 Å². The van der Waals surface area contributed by atoms with Gasteiger partial charge >= 0.3 is 0 Å². The quantitative estimate of drug-likeness (QED) is 0.808. The van der Waals surface area contributed by atoms with Crippen LogP contribution < -0.4 is 5.32 Å². The molecule has 1 aromatic rings. The number of nitriles is 1. The Morgan fingerprint density at radius 1 is 1.38 bits per heavy atom. The zero-order valence-electron chi connectivity index (χ0n) is 12.9. The van der Waals surface area contributed by atoms with Gasteiger partial charge in [-0.2, -0.15) is 5.26 Å². The highest BCUT2D eigenvalue weighted by Crippen LogP contribution is 2.24. The summed E-state index contributed by atoms with van der Waals surface area (Å²) < 4.78 is 0. The summed E-state index contributed by atoms with van der Waals surface area (Å²) in [4.78, 5) is 4.68. The highest BCUT2D eigenvalue weighted by Gasteiger charge is 2.16. The Bertz CT molecular complexity index is 501. The van der Waals surface area contributed by atoms with E-state index in [2.05, 4.69) is 23.3 Å². The summed E-state index contributed by atoms with van der Waals surface area (Å²) in [5.74, 6) is 1.15. The highest BCUT2D eigenvalue weighted by atomic mass is 16.3. The Morgan fingerprint density at radius 3 is 2.90 bits per heavy atom. The van der Waals surface area contributed by atoms with Crippen LogP contribution in [0, 0.1) is 17.2 Å². The summed E-state index contributed by atoms with van der Waals surface area (Å²) in [5.41, 5.74) is 3.04. The van der Waals surface area contributed by atoms with E-state index in [-0.39, 0.29) is 6.61 Å². The fourth-order valence-corrected chi connectivity index (χ4v) is 3.03. The summed E-state index contributed by atoms with van der Waals surface area (Å²) >= 11 is 0. The molecule has 1 atom stereocenters. The second-order valence-electron chi connectivity index (χ2n) is 5.86. The molecule has 1 aliphatic carbocycles. The molecule has 21 heavy (non-hydrogen) atoms. The monoisotopic (exact) mass is 287 g/mol. The lowest BCUT2D eigenvalue weighted by molar-refractivity contribution is 0.255. The van der Waals surface area contributed by atoms with Crippen molar-refractivity contribution in [2.45, 2.75) is 51.9 Å². The second-order valence-corrected chi connectivity index (χ2v) is 5.86. The number of aliphatic hydroxyl groups is 1. The van der Waals surface area contributed by atoms with Crippen molar-refractivity contribution in [3.63, 3.8) is 0 Å². The zero-order chi connectivity index (χ0) is 15.1. The smallest absolute Gasteiger partial charge is 0.144 e. The molecule has 114 valence electrons. The van der Waals surface area contributed by atoms with E-state index < -0.39 is 0 Å². The molecule has 0 amide bonds. The minimum Gasteiger partial charge on any atom is -0.396 e. The summed E-state index contributed by atoms with van der Waals surface area (Å²) in [6, 6.07) is 4.26. The van der Waals surface area contributed by atoms with Crippen molar-refractivity contribution in [3.8, 4) is 6.07 Å². The summed E-state index contributed by atoms with van der Waals surface area (Å²) in [6.45, 7) is 3.15. The summed E-state index contributed by atoms with van der Waals surface area (Å²) in [5, 5.41) is 21.8. The largest absolute Gasteiger partial charge is 0.396 e. The molecule has 1 aromatic heterocycles. The number of aliphatic hydroxyl groups excluding tert-OH is 1. The van der Waals surface area contributed by atoms with E-state index >= 15 is 0 Å². The van der Waals surface area contributed by atoms with Gasteiger partial charge in [0.2, 0.25) is 0 Å². The van der Waals surface area contributed by atoms with E-state index in [1.54, 1.807) is 0 Å². The Hall–Kier alpha value is -1.60. The molecule has 0 aromatic carbocycles. The van der Waals surface area contributed by atoms with Crippen LogP contribution in [0.25, 0.3) is 0 Å². The number of fused-ring (bicyclic) bond motifs is 1. The molecule has 0 aliphatic heterocycles. The third-order valence-corrected chi connectivity index (χ3v) is 4.21. The Balaban J connectivity index is 2.09. The number of aryl methyl sites for hydroxylation is 2. The van der Waals surface area contributed by atoms with E-state index in [0.29, 0.717) is 11.5 Å². The van der Waals surface area contributed by atoms with Crippen molar-refractivity contribution in [1.82, 2.24) is 4.98 Å². The van der Waals surface area contributed by atoms with Crippen molar-refractivity contribution in [3.05, 3.63) is 22.9 Å². The average Bonchev–Trinajstić information content (AvgIpc) is 2.52. The van der Waals surface area contributed by atoms with Crippen molar-refractivity contribution in [1.29, 1.82) is 5.26 Å². The molecular weight excluding hydrogens is 262 g/mol. The molecule has 0 fully saturated rings. The number of nitrogens with one attached hydrogen (secondary N) is 1. The molecule has 1 aliphatic rings. The third kappa shape index (κ3) is 4.18. The number of aromatic nitrogens is 1. The minimum absolute atomic E-state index is 0.217. The van der Waals surface area contributed by atoms with E-state index in [4.69, 9.17) is 5.11 Å². The predicted octanol–water partition coefficient (Wildman–Crippen LogP) is 3.04. The van der Waals surface area contributed by atoms with Gasteiger partial charge in [-0.25, -0.2) is 4.98 Å². The topological polar surface area (TPSA) is 68.9 Å². The molecule has 1 unspecified atom stereocenters. The van der Waals surface area contributed by atoms with Gasteiger partial charge in [-0.15, -0.1) is 0 Å². The second kappa shape index (κ2) is 7.99. The molecule has 4 nitrogen and oxygen atoms in total. The Labute approximate surface area is 127 Å². The lowest BCUT2D eigenvalue weighted by Gasteiger charge is -2.20. The van der Waals surface area contributed by atoms with Crippen LogP contribution in [0.3, 0.4) is 0 Å². The third-order valence-electron chi connectivity index (χ3n) is 4.21. The van der Waals surface area contributed by atoms with Crippen LogP contribution in [-0.4, -0.2) is 23.2 Å². The molecule has 4 heteroatoms. The van der Waals surface area contributed by atoms with Gasteiger partial charge in [0.1, 0.15) is 11.9 Å². The van der Waals surface area contributed by atoms with Gasteiger partial charge in [-0.3, -0.25) is 0 Å². The van der Waals surface area contributed by atoms with Crippen LogP contribution in [0.15, 0.2) is 6.07 Å². The number of hydrogen-bond acceptors (Lipinski definition) is 4. The van der Waals surface area contributed by atoms with E-state index in [1.807, 2.05) is 6.07 Å². The number of pyridine rings is 1. The SMILES string of the molecule is CCCC(CCO)CNc1nc2c(cc1C#N)CCCC2. The lowest BCUT2D eigenvalue weighted by atomic mass is 9.95. The maximum Gasteiger partial charge on any atom is 0.144 e. The molecule has 2 rings (SSSR count). The number of rotatable bonds is 7. The lowest BCUT2D eigenvalue weighted by Crippen LogP contribution is -2.18. The number of anilines is 1. The van der Waals surface area contributed by atoms with Crippen molar-refractivity contribution >= 4 is 5.82 Å². The van der Waals surface area contributed by atoms with Gasteiger partial charge < -0.3 is 10.4 Å². The first-order chi connectivity index (χ1) is 10.3. The maximum atomic E-state index is 9.32. The number of nitrogens with zero attached hydrogens (tertiary/aromatic N) is 2. The average molecular weight is 287 g/mol. The first kappa shape index (κ1) is 15.8. The molecular formula is C17H25N3O. The molecule has 2 N–H and O–H groups in total. The van der Waals surface area contributed by atoms with E-state index in [1.165, 1.54) is 18.4 Å². The summed E-state index contributed by atoms with van der Waals surface area (Å²) in [7, 11) is 0. The van der Waals surface area contributed by atoms with Gasteiger partial charge in [-0.05, 0) is 56.1 Å². The fraction of sp³-hybridized carbons (Fsp3) is 0.647. The molecule has 0 spiro atoms. The Morgan fingerprint density at radius 2 is 2.19 bits per heavy atom. The van der Waals surface area contributed by atoms with Gasteiger partial charge in [0.05, 0.1) is 5.56 Å². The first-order valence-corrected chi connectivity index (χ1v) is 8.06. The summed E-state index contributed by atoms with van der Waals surface area (Å²) in [6.07, 6.45) is 7.43. The van der Waals surface area contributed by atoms with Crippen molar-refractivity contribution in [2.75, 3.05) is 18.5 Å². The van der Waals surface area contributed by atoms with Crippen LogP contribution in [0.5, 0.6) is 0 Å². The molecule has 0 radical (unpaired) electrons. The highest BCUT2D eigenvalue weighted by molar-refractivity contribution is 5.54. The zero-order valence-corrected chi connectivity index (χ0v) is 12.9. The standard InChI is InChI=1S/C17H25N3O/c1-2-5-13(8-9-21)12-19-17-15(11-18)10-14-6-3-4-7-16(14)20-17/h10,13,21H,2-9,12H2,1H3,(H,19,20). The van der Waals surface area contributed by atoms with Gasteiger partial charge in [0, 0.05) is 18.8 Å². The first-order valence-electron chi connectivity index (χ1n) is 8.06. The van der Waals surface area contributed by atoms with Gasteiger partial charge in [-0.1, -0.05) is 13.3 Å². The van der Waals surface area contributed by atoms with Crippen molar-refractivity contribution < 1.29 is 5.11 Å². The van der Waals surface area contributed by atoms with Crippen molar-refractivity contribution in [2.24, 2.45) is 5.92 Å². The van der Waals surface area contributed by atoms with E-state index in [0.717, 1.165) is 50.2 Å². The number of hydrogen-bond donors (Lipinski definition) is 2. The van der Waals surface area contributed by atoms with Crippen LogP contribution >= 0.6 is 0 Å². The van der Waals surface area contributed by atoms with E-state index in [9.17, 15) is 5.26 Å². The molecule has 0 saturated carbocycles. The molecule has 0 saturated heterocycles. The molecule has 0 bridgehead atoms. The van der Waals surface area contributed by atoms with Gasteiger partial charge in [0.15, 0.2) is 0 Å². The molecule has 1 heterocycles. The van der Waals surface area contributed by atoms with Gasteiger partial charge in [0.25, 0.3) is 0 Å². The van der Waals surface area contributed by atoms with Crippen LogP contribution in [-0.2, 0) is 12.8 Å². The fourth-order valence-electron chi connectivity index (χ4n) is 3.03. The normalized spacial score (nSPS) is 15.1. The minimum atomic E-state index is 0.217. The maximum absolute atomic E-state index is 9.32.